The number of halogens is 2. The lowest BCUT2D eigenvalue weighted by atomic mass is 9.85. The van der Waals surface area contributed by atoms with Crippen molar-refractivity contribution in [1.82, 2.24) is 0 Å². The Morgan fingerprint density at radius 2 is 2.00 bits per heavy atom. The minimum atomic E-state index is 0.224. The molecule has 0 saturated heterocycles. The van der Waals surface area contributed by atoms with Gasteiger partial charge in [0.05, 0.1) is 10.8 Å². The molecule has 0 aromatic rings. The molecule has 0 heterocycles. The average Bonchev–Trinajstić information content (AvgIpc) is 1.99. The lowest BCUT2D eigenvalue weighted by Gasteiger charge is -2.30. The maximum Gasteiger partial charge on any atom is 0.0527 e. The number of hydrogen-bond acceptors (Lipinski definition) is 0. The van der Waals surface area contributed by atoms with E-state index in [4.69, 9.17) is 23.2 Å². The van der Waals surface area contributed by atoms with E-state index in [0.717, 1.165) is 6.42 Å². The lowest BCUT2D eigenvalue weighted by molar-refractivity contribution is 0.347. The normalized spacial score (nSPS) is 39.0. The molecule has 0 amide bonds. The van der Waals surface area contributed by atoms with Crippen molar-refractivity contribution in [2.75, 3.05) is 0 Å². The van der Waals surface area contributed by atoms with Crippen molar-refractivity contribution in [3.63, 3.8) is 0 Å². The van der Waals surface area contributed by atoms with Crippen LogP contribution in [-0.4, -0.2) is 10.8 Å². The van der Waals surface area contributed by atoms with E-state index in [1.807, 2.05) is 0 Å². The Bertz CT molecular complexity index is 112. The molecule has 2 heteroatoms. The largest absolute Gasteiger partial charge is 0.121 e. The quantitative estimate of drug-likeness (QED) is 0.588. The summed E-state index contributed by atoms with van der Waals surface area (Å²) in [6.07, 6.45) is 6.14. The molecule has 66 valence electrons. The second-order valence-corrected chi connectivity index (χ2v) is 4.50. The molecule has 0 radical (unpaired) electrons. The van der Waals surface area contributed by atoms with E-state index in [-0.39, 0.29) is 10.8 Å². The zero-order chi connectivity index (χ0) is 8.27. The molecule has 0 nitrogen and oxygen atoms in total. The molecule has 1 rings (SSSR count). The smallest absolute Gasteiger partial charge is 0.0527 e. The van der Waals surface area contributed by atoms with Crippen molar-refractivity contribution >= 4 is 23.2 Å². The summed E-state index contributed by atoms with van der Waals surface area (Å²) in [6, 6.07) is 0. The molecule has 3 atom stereocenters. The highest BCUT2D eigenvalue weighted by molar-refractivity contribution is 6.30. The molecule has 1 aliphatic rings. The molecular formula is C9H16Cl2. The van der Waals surface area contributed by atoms with Gasteiger partial charge in [-0.1, -0.05) is 19.8 Å². The molecule has 0 spiro atoms. The van der Waals surface area contributed by atoms with Crippen molar-refractivity contribution in [2.45, 2.75) is 49.8 Å². The van der Waals surface area contributed by atoms with Crippen molar-refractivity contribution in [3.8, 4) is 0 Å². The molecule has 1 aliphatic carbocycles. The highest BCUT2D eigenvalue weighted by Gasteiger charge is 2.29. The summed E-state index contributed by atoms with van der Waals surface area (Å²) in [4.78, 5) is 0. The summed E-state index contributed by atoms with van der Waals surface area (Å²) in [5, 5.41) is 0.451. The second kappa shape index (κ2) is 4.57. The first-order valence-corrected chi connectivity index (χ1v) is 5.41. The van der Waals surface area contributed by atoms with Crippen LogP contribution in [0.4, 0.5) is 0 Å². The first-order chi connectivity index (χ1) is 5.25. The first-order valence-electron chi connectivity index (χ1n) is 4.53. The summed E-state index contributed by atoms with van der Waals surface area (Å²) < 4.78 is 0. The summed E-state index contributed by atoms with van der Waals surface area (Å²) in [7, 11) is 0. The zero-order valence-electron chi connectivity index (χ0n) is 7.02. The van der Waals surface area contributed by atoms with E-state index in [1.54, 1.807) is 0 Å². The van der Waals surface area contributed by atoms with Crippen LogP contribution in [0.2, 0.25) is 0 Å². The number of hydrogen-bond donors (Lipinski definition) is 0. The third-order valence-electron chi connectivity index (χ3n) is 2.51. The van der Waals surface area contributed by atoms with Gasteiger partial charge in [-0.2, -0.15) is 0 Å². The van der Waals surface area contributed by atoms with Gasteiger partial charge in [-0.05, 0) is 25.2 Å². The highest BCUT2D eigenvalue weighted by atomic mass is 35.5. The van der Waals surface area contributed by atoms with Gasteiger partial charge in [0.15, 0.2) is 0 Å². The van der Waals surface area contributed by atoms with Crippen molar-refractivity contribution in [2.24, 2.45) is 5.92 Å². The van der Waals surface area contributed by atoms with Crippen molar-refractivity contribution in [1.29, 1.82) is 0 Å². The Kier molecular flexibility index (Phi) is 4.01. The van der Waals surface area contributed by atoms with Gasteiger partial charge in [0, 0.05) is 0 Å². The molecule has 0 N–H and O–H groups in total. The zero-order valence-corrected chi connectivity index (χ0v) is 8.54. The maximum atomic E-state index is 6.18. The Balaban J connectivity index is 2.38. The average molecular weight is 195 g/mol. The molecule has 0 bridgehead atoms. The second-order valence-electron chi connectivity index (χ2n) is 3.44. The molecule has 0 aromatic heterocycles. The fourth-order valence-electron chi connectivity index (χ4n) is 1.86. The SMILES string of the molecule is CCCC1CCCC(Cl)C1Cl. The fraction of sp³-hybridized carbons (Fsp3) is 1.00. The van der Waals surface area contributed by atoms with Crippen LogP contribution in [0, 0.1) is 5.92 Å². The third-order valence-corrected chi connectivity index (χ3v) is 3.79. The van der Waals surface area contributed by atoms with E-state index < -0.39 is 0 Å². The van der Waals surface area contributed by atoms with Gasteiger partial charge < -0.3 is 0 Å². The van der Waals surface area contributed by atoms with Gasteiger partial charge >= 0.3 is 0 Å². The third kappa shape index (κ3) is 2.52. The first kappa shape index (κ1) is 9.67. The van der Waals surface area contributed by atoms with Gasteiger partial charge in [-0.3, -0.25) is 0 Å². The number of alkyl halides is 2. The van der Waals surface area contributed by atoms with E-state index in [9.17, 15) is 0 Å². The van der Waals surface area contributed by atoms with E-state index >= 15 is 0 Å². The van der Waals surface area contributed by atoms with Crippen LogP contribution >= 0.6 is 23.2 Å². The molecule has 3 unspecified atom stereocenters. The molecule has 11 heavy (non-hydrogen) atoms. The lowest BCUT2D eigenvalue weighted by Crippen LogP contribution is -2.29. The molecule has 0 aromatic carbocycles. The fourth-order valence-corrected chi connectivity index (χ4v) is 2.60. The number of rotatable bonds is 2. The Hall–Kier alpha value is 0.580. The van der Waals surface area contributed by atoms with Gasteiger partial charge in [0.25, 0.3) is 0 Å². The van der Waals surface area contributed by atoms with Gasteiger partial charge in [-0.25, -0.2) is 0 Å². The molecular weight excluding hydrogens is 179 g/mol. The standard InChI is InChI=1S/C9H16Cl2/c1-2-4-7-5-3-6-8(10)9(7)11/h7-9H,2-6H2,1H3. The van der Waals surface area contributed by atoms with Crippen molar-refractivity contribution in [3.05, 3.63) is 0 Å². The van der Waals surface area contributed by atoms with Crippen LogP contribution in [0.25, 0.3) is 0 Å². The Morgan fingerprint density at radius 1 is 1.27 bits per heavy atom. The Morgan fingerprint density at radius 3 is 2.64 bits per heavy atom. The van der Waals surface area contributed by atoms with E-state index in [2.05, 4.69) is 6.92 Å². The minimum absolute atomic E-state index is 0.224. The van der Waals surface area contributed by atoms with Crippen molar-refractivity contribution < 1.29 is 0 Å². The highest BCUT2D eigenvalue weighted by Crippen LogP contribution is 2.34. The molecule has 1 fully saturated rings. The van der Waals surface area contributed by atoms with Gasteiger partial charge in [-0.15, -0.1) is 23.2 Å². The van der Waals surface area contributed by atoms with Crippen LogP contribution in [0.5, 0.6) is 0 Å². The minimum Gasteiger partial charge on any atom is -0.121 e. The summed E-state index contributed by atoms with van der Waals surface area (Å²) in [5.74, 6) is 0.679. The molecule has 1 saturated carbocycles. The van der Waals surface area contributed by atoms with Crippen LogP contribution in [-0.2, 0) is 0 Å². The summed E-state index contributed by atoms with van der Waals surface area (Å²) in [5.41, 5.74) is 0. The van der Waals surface area contributed by atoms with E-state index in [1.165, 1.54) is 25.7 Å². The van der Waals surface area contributed by atoms with Crippen LogP contribution in [0.3, 0.4) is 0 Å². The summed E-state index contributed by atoms with van der Waals surface area (Å²) in [6.45, 7) is 2.21. The Labute approximate surface area is 79.3 Å². The van der Waals surface area contributed by atoms with E-state index in [0.29, 0.717) is 5.92 Å². The van der Waals surface area contributed by atoms with Crippen LogP contribution in [0.1, 0.15) is 39.0 Å². The predicted octanol–water partition coefficient (Wildman–Crippen LogP) is 3.80. The van der Waals surface area contributed by atoms with Gasteiger partial charge in [0.1, 0.15) is 0 Å². The topological polar surface area (TPSA) is 0 Å². The predicted molar refractivity (Wildman–Crippen MR) is 51.5 cm³/mol. The maximum absolute atomic E-state index is 6.18. The van der Waals surface area contributed by atoms with Crippen LogP contribution < -0.4 is 0 Å². The van der Waals surface area contributed by atoms with Gasteiger partial charge in [0.2, 0.25) is 0 Å². The molecule has 0 aliphatic heterocycles. The monoisotopic (exact) mass is 194 g/mol. The van der Waals surface area contributed by atoms with Crippen LogP contribution in [0.15, 0.2) is 0 Å². The summed E-state index contributed by atoms with van der Waals surface area (Å²) >= 11 is 12.2.